The molecule has 0 saturated heterocycles. The minimum Gasteiger partial charge on any atom is -0.333 e. The monoisotopic (exact) mass is 298 g/mol. The number of likely N-dealkylation sites (N-methyl/N-ethyl adjacent to an activating group) is 1. The van der Waals surface area contributed by atoms with Crippen molar-refractivity contribution in [3.8, 4) is 0 Å². The first-order valence-electron chi connectivity index (χ1n) is 7.71. The van der Waals surface area contributed by atoms with Gasteiger partial charge in [0.1, 0.15) is 0 Å². The van der Waals surface area contributed by atoms with Crippen LogP contribution < -0.4 is 16.0 Å². The highest BCUT2D eigenvalue weighted by Gasteiger charge is 2.24. The number of imide groups is 1. The van der Waals surface area contributed by atoms with Gasteiger partial charge in [-0.15, -0.1) is 0 Å². The number of nitrogens with one attached hydrogen (secondary N) is 3. The lowest BCUT2D eigenvalue weighted by Gasteiger charge is -2.34. The van der Waals surface area contributed by atoms with Gasteiger partial charge in [-0.25, -0.2) is 4.79 Å². The summed E-state index contributed by atoms with van der Waals surface area (Å²) in [7, 11) is 3.95. The highest BCUT2D eigenvalue weighted by Crippen LogP contribution is 2.21. The zero-order valence-electron chi connectivity index (χ0n) is 14.0. The average Bonchev–Trinajstić information content (AvgIpc) is 2.36. The molecule has 1 aliphatic rings. The number of carbonyl (C=O) groups is 2. The number of nitrogens with zero attached hydrogens (tertiary/aromatic N) is 1. The molecule has 21 heavy (non-hydrogen) atoms. The van der Waals surface area contributed by atoms with Crippen molar-refractivity contribution >= 4 is 11.9 Å². The predicted octanol–water partition coefficient (Wildman–Crippen LogP) is 1.07. The van der Waals surface area contributed by atoms with Gasteiger partial charge in [0.15, 0.2) is 0 Å². The summed E-state index contributed by atoms with van der Waals surface area (Å²) in [5, 5.41) is 8.40. The van der Waals surface area contributed by atoms with E-state index in [1.807, 2.05) is 39.8 Å². The van der Waals surface area contributed by atoms with Crippen molar-refractivity contribution in [2.45, 2.75) is 64.1 Å². The summed E-state index contributed by atoms with van der Waals surface area (Å²) in [6.07, 6.45) is 4.45. The molecule has 1 rings (SSSR count). The van der Waals surface area contributed by atoms with Crippen LogP contribution in [-0.2, 0) is 4.79 Å². The van der Waals surface area contributed by atoms with Crippen molar-refractivity contribution < 1.29 is 9.59 Å². The van der Waals surface area contributed by atoms with Gasteiger partial charge < -0.3 is 10.6 Å². The molecule has 1 fully saturated rings. The summed E-state index contributed by atoms with van der Waals surface area (Å²) in [6, 6.07) is 0.590. The van der Waals surface area contributed by atoms with Crippen LogP contribution in [0.25, 0.3) is 0 Å². The maximum atomic E-state index is 11.9. The molecule has 1 saturated carbocycles. The molecule has 0 spiro atoms. The van der Waals surface area contributed by atoms with Gasteiger partial charge in [-0.05, 0) is 60.5 Å². The Morgan fingerprint density at radius 3 is 2.19 bits per heavy atom. The number of urea groups is 1. The van der Waals surface area contributed by atoms with Gasteiger partial charge in [0.05, 0.1) is 6.54 Å². The van der Waals surface area contributed by atoms with E-state index >= 15 is 0 Å². The lowest BCUT2D eigenvalue weighted by Crippen LogP contribution is -2.51. The summed E-state index contributed by atoms with van der Waals surface area (Å²) < 4.78 is 0. The Morgan fingerprint density at radius 2 is 1.71 bits per heavy atom. The lowest BCUT2D eigenvalue weighted by molar-refractivity contribution is -0.121. The van der Waals surface area contributed by atoms with Gasteiger partial charge in [-0.3, -0.25) is 15.0 Å². The second-order valence-electron chi connectivity index (χ2n) is 6.96. The van der Waals surface area contributed by atoms with Gasteiger partial charge in [0.2, 0.25) is 5.91 Å². The molecule has 3 N–H and O–H groups in total. The molecular weight excluding hydrogens is 268 g/mol. The standard InChI is InChI=1S/C15H30N4O2/c1-15(2,3)18-14(21)17-13(20)10-19(5)12-8-6-11(16-4)7-9-12/h11-12,16H,6-10H2,1-5H3,(H2,17,18,20,21). The van der Waals surface area contributed by atoms with Gasteiger partial charge in [0.25, 0.3) is 0 Å². The highest BCUT2D eigenvalue weighted by molar-refractivity contribution is 5.95. The van der Waals surface area contributed by atoms with E-state index < -0.39 is 6.03 Å². The molecular formula is C15H30N4O2. The van der Waals surface area contributed by atoms with Crippen molar-refractivity contribution in [1.82, 2.24) is 20.9 Å². The van der Waals surface area contributed by atoms with Gasteiger partial charge in [-0.1, -0.05) is 0 Å². The van der Waals surface area contributed by atoms with Crippen LogP contribution in [0.3, 0.4) is 0 Å². The van der Waals surface area contributed by atoms with Crippen molar-refractivity contribution in [1.29, 1.82) is 0 Å². The number of rotatable bonds is 4. The largest absolute Gasteiger partial charge is 0.333 e. The molecule has 0 radical (unpaired) electrons. The maximum Gasteiger partial charge on any atom is 0.321 e. The Labute approximate surface area is 128 Å². The molecule has 0 aromatic carbocycles. The third-order valence-corrected chi connectivity index (χ3v) is 3.86. The molecule has 1 aliphatic carbocycles. The van der Waals surface area contributed by atoms with E-state index in [0.29, 0.717) is 12.1 Å². The first-order valence-corrected chi connectivity index (χ1v) is 7.71. The normalized spacial score (nSPS) is 23.0. The van der Waals surface area contributed by atoms with E-state index in [1.165, 1.54) is 0 Å². The first-order chi connectivity index (χ1) is 9.71. The SMILES string of the molecule is CNC1CCC(N(C)CC(=O)NC(=O)NC(C)(C)C)CC1. The third-order valence-electron chi connectivity index (χ3n) is 3.86. The van der Waals surface area contributed by atoms with Crippen LogP contribution in [0.2, 0.25) is 0 Å². The van der Waals surface area contributed by atoms with Crippen molar-refractivity contribution in [2.75, 3.05) is 20.6 Å². The van der Waals surface area contributed by atoms with E-state index in [1.54, 1.807) is 0 Å². The fraction of sp³-hybridized carbons (Fsp3) is 0.867. The lowest BCUT2D eigenvalue weighted by atomic mass is 9.90. The smallest absolute Gasteiger partial charge is 0.321 e. The van der Waals surface area contributed by atoms with Crippen LogP contribution in [0.5, 0.6) is 0 Å². The maximum absolute atomic E-state index is 11.9. The molecule has 122 valence electrons. The van der Waals surface area contributed by atoms with E-state index in [2.05, 4.69) is 16.0 Å². The van der Waals surface area contributed by atoms with Crippen LogP contribution in [-0.4, -0.2) is 55.1 Å². The molecule has 0 atom stereocenters. The van der Waals surface area contributed by atoms with Crippen molar-refractivity contribution in [3.63, 3.8) is 0 Å². The molecule has 0 aliphatic heterocycles. The van der Waals surface area contributed by atoms with Crippen LogP contribution in [0, 0.1) is 0 Å². The minimum atomic E-state index is -0.431. The summed E-state index contributed by atoms with van der Waals surface area (Å²) in [5.41, 5.74) is -0.345. The number of hydrogen-bond acceptors (Lipinski definition) is 4. The quantitative estimate of drug-likeness (QED) is 0.726. The predicted molar refractivity (Wildman–Crippen MR) is 84.2 cm³/mol. The van der Waals surface area contributed by atoms with Crippen molar-refractivity contribution in [3.05, 3.63) is 0 Å². The van der Waals surface area contributed by atoms with Crippen LogP contribution in [0.1, 0.15) is 46.5 Å². The molecule has 0 heterocycles. The fourth-order valence-corrected chi connectivity index (χ4v) is 2.70. The molecule has 3 amide bonds. The molecule has 6 heteroatoms. The fourth-order valence-electron chi connectivity index (χ4n) is 2.70. The Morgan fingerprint density at radius 1 is 1.14 bits per heavy atom. The number of carbonyl (C=O) groups excluding carboxylic acids is 2. The summed E-state index contributed by atoms with van der Waals surface area (Å²) in [5.74, 6) is -0.255. The van der Waals surface area contributed by atoms with Crippen LogP contribution in [0.4, 0.5) is 4.79 Å². The molecule has 0 unspecified atom stereocenters. The zero-order valence-corrected chi connectivity index (χ0v) is 14.0. The van der Waals surface area contributed by atoms with Gasteiger partial charge >= 0.3 is 6.03 Å². The molecule has 0 aromatic heterocycles. The molecule has 0 aromatic rings. The Balaban J connectivity index is 2.32. The molecule has 6 nitrogen and oxygen atoms in total. The van der Waals surface area contributed by atoms with E-state index in [9.17, 15) is 9.59 Å². The van der Waals surface area contributed by atoms with Crippen LogP contribution in [0.15, 0.2) is 0 Å². The van der Waals surface area contributed by atoms with Gasteiger partial charge in [-0.2, -0.15) is 0 Å². The third kappa shape index (κ3) is 6.91. The Kier molecular flexibility index (Phi) is 6.61. The van der Waals surface area contributed by atoms with Crippen LogP contribution >= 0.6 is 0 Å². The van der Waals surface area contributed by atoms with Crippen molar-refractivity contribution in [2.24, 2.45) is 0 Å². The number of hydrogen-bond donors (Lipinski definition) is 3. The second-order valence-corrected chi connectivity index (χ2v) is 6.96. The first kappa shape index (κ1) is 17.9. The topological polar surface area (TPSA) is 73.5 Å². The summed E-state index contributed by atoms with van der Waals surface area (Å²) >= 11 is 0. The minimum absolute atomic E-state index is 0.255. The summed E-state index contributed by atoms with van der Waals surface area (Å²) in [4.78, 5) is 25.6. The Hall–Kier alpha value is -1.14. The molecule has 0 bridgehead atoms. The highest BCUT2D eigenvalue weighted by atomic mass is 16.2. The second kappa shape index (κ2) is 7.75. The van der Waals surface area contributed by atoms with E-state index in [-0.39, 0.29) is 18.0 Å². The summed E-state index contributed by atoms with van der Waals surface area (Å²) in [6.45, 7) is 5.89. The number of amides is 3. The average molecular weight is 298 g/mol. The van der Waals surface area contributed by atoms with Gasteiger partial charge in [0, 0.05) is 17.6 Å². The zero-order chi connectivity index (χ0) is 16.0. The van der Waals surface area contributed by atoms with E-state index in [0.717, 1.165) is 25.7 Å². The van der Waals surface area contributed by atoms with E-state index in [4.69, 9.17) is 0 Å². The Bertz CT molecular complexity index is 357.